The van der Waals surface area contributed by atoms with E-state index in [2.05, 4.69) is 17.6 Å². The van der Waals surface area contributed by atoms with E-state index in [1.165, 1.54) is 17.7 Å². The van der Waals surface area contributed by atoms with Crippen molar-refractivity contribution in [2.75, 3.05) is 23.4 Å². The average Bonchev–Trinajstić information content (AvgIpc) is 2.85. The largest absolute Gasteiger partial charge is 0.381 e. The molecule has 1 unspecified atom stereocenters. The Kier molecular flexibility index (Phi) is 4.53. The number of rotatable bonds is 4. The fourth-order valence-corrected chi connectivity index (χ4v) is 3.20. The first kappa shape index (κ1) is 13.3. The molecule has 0 saturated carbocycles. The number of hydrogen-bond acceptors (Lipinski definition) is 3. The number of carbonyl (C=O) groups is 1. The second-order valence-corrected chi connectivity index (χ2v) is 5.74. The summed E-state index contributed by atoms with van der Waals surface area (Å²) in [5.74, 6) is 2.39. The van der Waals surface area contributed by atoms with Gasteiger partial charge >= 0.3 is 0 Å². The van der Waals surface area contributed by atoms with Crippen LogP contribution >= 0.6 is 11.8 Å². The second-order valence-electron chi connectivity index (χ2n) is 4.59. The number of amides is 1. The van der Waals surface area contributed by atoms with Crippen LogP contribution in [0.3, 0.4) is 0 Å². The highest BCUT2D eigenvalue weighted by Gasteiger charge is 2.16. The first-order valence-corrected chi connectivity index (χ1v) is 7.59. The molecule has 4 heteroatoms. The van der Waals surface area contributed by atoms with Gasteiger partial charge in [-0.05, 0) is 43.7 Å². The summed E-state index contributed by atoms with van der Waals surface area (Å²) in [6, 6.07) is 6.39. The maximum absolute atomic E-state index is 11.8. The highest BCUT2D eigenvalue weighted by atomic mass is 32.2. The summed E-state index contributed by atoms with van der Waals surface area (Å²) in [6.07, 6.45) is 1.20. The van der Waals surface area contributed by atoms with E-state index >= 15 is 0 Å². The third-order valence-electron chi connectivity index (χ3n) is 3.13. The molecule has 98 valence electrons. The Morgan fingerprint density at radius 2 is 2.33 bits per heavy atom. The van der Waals surface area contributed by atoms with Crippen LogP contribution in [0.1, 0.15) is 29.3 Å². The lowest BCUT2D eigenvalue weighted by Gasteiger charge is -2.16. The van der Waals surface area contributed by atoms with Crippen molar-refractivity contribution in [3.8, 4) is 0 Å². The third kappa shape index (κ3) is 3.19. The summed E-state index contributed by atoms with van der Waals surface area (Å²) in [5, 5.41) is 6.38. The van der Waals surface area contributed by atoms with E-state index in [0.717, 1.165) is 17.0 Å². The van der Waals surface area contributed by atoms with E-state index in [-0.39, 0.29) is 5.91 Å². The predicted octanol–water partition coefficient (Wildman–Crippen LogP) is 2.66. The molecule has 1 atom stereocenters. The minimum Gasteiger partial charge on any atom is -0.381 e. The Morgan fingerprint density at radius 3 is 3.00 bits per heavy atom. The van der Waals surface area contributed by atoms with Crippen LogP contribution in [0, 0.1) is 6.92 Å². The number of benzene rings is 1. The van der Waals surface area contributed by atoms with Crippen LogP contribution in [0.5, 0.6) is 0 Å². The molecule has 1 aliphatic heterocycles. The van der Waals surface area contributed by atoms with E-state index in [4.69, 9.17) is 0 Å². The molecular formula is C14H20N2OS. The van der Waals surface area contributed by atoms with Gasteiger partial charge in [-0.1, -0.05) is 6.07 Å². The minimum atomic E-state index is 0.00125. The molecule has 0 aliphatic carbocycles. The van der Waals surface area contributed by atoms with Crippen LogP contribution in [0.15, 0.2) is 18.2 Å². The molecule has 1 aromatic carbocycles. The van der Waals surface area contributed by atoms with Crippen molar-refractivity contribution in [1.82, 2.24) is 5.32 Å². The summed E-state index contributed by atoms with van der Waals surface area (Å²) >= 11 is 1.98. The molecule has 0 bridgehead atoms. The maximum Gasteiger partial charge on any atom is 0.251 e. The number of thioether (sulfide) groups is 1. The zero-order valence-corrected chi connectivity index (χ0v) is 11.8. The summed E-state index contributed by atoms with van der Waals surface area (Å²) in [4.78, 5) is 11.8. The molecule has 2 rings (SSSR count). The van der Waals surface area contributed by atoms with Crippen LogP contribution < -0.4 is 10.6 Å². The lowest BCUT2D eigenvalue weighted by atomic mass is 10.1. The Hall–Kier alpha value is -1.16. The van der Waals surface area contributed by atoms with Gasteiger partial charge in [0, 0.05) is 29.6 Å². The zero-order chi connectivity index (χ0) is 13.0. The quantitative estimate of drug-likeness (QED) is 0.878. The first-order valence-electron chi connectivity index (χ1n) is 6.44. The molecule has 2 N–H and O–H groups in total. The molecule has 0 spiro atoms. The smallest absolute Gasteiger partial charge is 0.251 e. The highest BCUT2D eigenvalue weighted by Crippen LogP contribution is 2.24. The standard InChI is InChI=1S/C14H20N2OS/c1-3-15-14(17)11-5-4-10(2)13(8-11)16-12-6-7-18-9-12/h4-5,8,12,16H,3,6-7,9H2,1-2H3,(H,15,17). The molecule has 1 aromatic rings. The highest BCUT2D eigenvalue weighted by molar-refractivity contribution is 7.99. The SMILES string of the molecule is CCNC(=O)c1ccc(C)c(NC2CCSC2)c1. The normalized spacial score (nSPS) is 18.7. The van der Waals surface area contributed by atoms with Crippen molar-refractivity contribution in [2.45, 2.75) is 26.3 Å². The maximum atomic E-state index is 11.8. The van der Waals surface area contributed by atoms with Gasteiger partial charge in [0.05, 0.1) is 0 Å². The van der Waals surface area contributed by atoms with Gasteiger partial charge in [-0.25, -0.2) is 0 Å². The first-order chi connectivity index (χ1) is 8.70. The van der Waals surface area contributed by atoms with Crippen molar-refractivity contribution in [2.24, 2.45) is 0 Å². The van der Waals surface area contributed by atoms with E-state index in [1.54, 1.807) is 0 Å². The fraction of sp³-hybridized carbons (Fsp3) is 0.500. The lowest BCUT2D eigenvalue weighted by Crippen LogP contribution is -2.23. The van der Waals surface area contributed by atoms with Crippen LogP contribution in [0.4, 0.5) is 5.69 Å². The molecule has 1 amide bonds. The van der Waals surface area contributed by atoms with Gasteiger partial charge in [-0.15, -0.1) is 0 Å². The molecular weight excluding hydrogens is 244 g/mol. The Morgan fingerprint density at radius 1 is 1.50 bits per heavy atom. The van der Waals surface area contributed by atoms with Gasteiger partial charge in [-0.3, -0.25) is 4.79 Å². The molecule has 0 aromatic heterocycles. The van der Waals surface area contributed by atoms with E-state index < -0.39 is 0 Å². The minimum absolute atomic E-state index is 0.00125. The lowest BCUT2D eigenvalue weighted by molar-refractivity contribution is 0.0956. The number of anilines is 1. The summed E-state index contributed by atoms with van der Waals surface area (Å²) in [6.45, 7) is 4.67. The summed E-state index contributed by atoms with van der Waals surface area (Å²) in [7, 11) is 0. The monoisotopic (exact) mass is 264 g/mol. The van der Waals surface area contributed by atoms with E-state index in [1.807, 2.05) is 36.9 Å². The van der Waals surface area contributed by atoms with Crippen LogP contribution in [-0.2, 0) is 0 Å². The van der Waals surface area contributed by atoms with Gasteiger partial charge < -0.3 is 10.6 Å². The molecule has 1 fully saturated rings. The predicted molar refractivity (Wildman–Crippen MR) is 78.5 cm³/mol. The van der Waals surface area contributed by atoms with E-state index in [9.17, 15) is 4.79 Å². The molecule has 18 heavy (non-hydrogen) atoms. The zero-order valence-electron chi connectivity index (χ0n) is 11.0. The average molecular weight is 264 g/mol. The number of carbonyl (C=O) groups excluding carboxylic acids is 1. The number of nitrogens with one attached hydrogen (secondary N) is 2. The Labute approximate surface area is 113 Å². The van der Waals surface area contributed by atoms with E-state index in [0.29, 0.717) is 12.6 Å². The Bertz CT molecular complexity index is 428. The topological polar surface area (TPSA) is 41.1 Å². The van der Waals surface area contributed by atoms with Gasteiger partial charge in [0.1, 0.15) is 0 Å². The number of aryl methyl sites for hydroxylation is 1. The molecule has 1 aliphatic rings. The summed E-state index contributed by atoms with van der Waals surface area (Å²) in [5.41, 5.74) is 3.02. The van der Waals surface area contributed by atoms with Crippen LogP contribution in [-0.4, -0.2) is 30.0 Å². The molecule has 1 saturated heterocycles. The van der Waals surface area contributed by atoms with Gasteiger partial charge in [0.25, 0.3) is 5.91 Å². The van der Waals surface area contributed by atoms with Gasteiger partial charge in [-0.2, -0.15) is 11.8 Å². The third-order valence-corrected chi connectivity index (χ3v) is 4.29. The molecule has 1 heterocycles. The van der Waals surface area contributed by atoms with Gasteiger partial charge in [0.2, 0.25) is 0 Å². The molecule has 3 nitrogen and oxygen atoms in total. The van der Waals surface area contributed by atoms with Gasteiger partial charge in [0.15, 0.2) is 0 Å². The second kappa shape index (κ2) is 6.14. The van der Waals surface area contributed by atoms with Crippen LogP contribution in [0.25, 0.3) is 0 Å². The van der Waals surface area contributed by atoms with Crippen LogP contribution in [0.2, 0.25) is 0 Å². The van der Waals surface area contributed by atoms with Crippen molar-refractivity contribution < 1.29 is 4.79 Å². The molecule has 0 radical (unpaired) electrons. The summed E-state index contributed by atoms with van der Waals surface area (Å²) < 4.78 is 0. The fourth-order valence-electron chi connectivity index (χ4n) is 2.05. The van der Waals surface area contributed by atoms with Crippen molar-refractivity contribution in [3.63, 3.8) is 0 Å². The van der Waals surface area contributed by atoms with Crippen molar-refractivity contribution in [1.29, 1.82) is 0 Å². The number of hydrogen-bond donors (Lipinski definition) is 2. The van der Waals surface area contributed by atoms with Crippen molar-refractivity contribution in [3.05, 3.63) is 29.3 Å². The van der Waals surface area contributed by atoms with Crippen molar-refractivity contribution >= 4 is 23.4 Å². The Balaban J connectivity index is 2.12.